The molecule has 0 spiro atoms. The van der Waals surface area contributed by atoms with E-state index < -0.39 is 0 Å². The summed E-state index contributed by atoms with van der Waals surface area (Å²) in [7, 11) is 1.74. The van der Waals surface area contributed by atoms with E-state index in [4.69, 9.17) is 0 Å². The zero-order chi connectivity index (χ0) is 11.2. The zero-order valence-corrected chi connectivity index (χ0v) is 10.3. The number of rotatable bonds is 1. The van der Waals surface area contributed by atoms with Crippen molar-refractivity contribution in [3.63, 3.8) is 0 Å². The minimum absolute atomic E-state index is 0.00932. The van der Waals surface area contributed by atoms with Crippen LogP contribution in [0.5, 0.6) is 0 Å². The standard InChI is InChI=1S/C11H12BrNO2/c1-6-3-7-10(8(6)5-14)9(12)4-13(2)11(7)15/h4,14H,3,5H2,1-2H3. The topological polar surface area (TPSA) is 42.2 Å². The van der Waals surface area contributed by atoms with Crippen LogP contribution in [0.3, 0.4) is 0 Å². The molecule has 15 heavy (non-hydrogen) atoms. The highest BCUT2D eigenvalue weighted by molar-refractivity contribution is 9.10. The molecule has 0 aliphatic heterocycles. The molecule has 4 heteroatoms. The first-order valence-electron chi connectivity index (χ1n) is 4.74. The number of allylic oxidation sites excluding steroid dienone is 1. The SMILES string of the molecule is CC1=C(CO)c2c(Br)cn(C)c(=O)c2C1. The Morgan fingerprint density at radius 3 is 2.87 bits per heavy atom. The molecule has 0 radical (unpaired) electrons. The van der Waals surface area contributed by atoms with Crippen LogP contribution < -0.4 is 5.56 Å². The quantitative estimate of drug-likeness (QED) is 0.839. The third kappa shape index (κ3) is 1.48. The Bertz CT molecular complexity index is 514. The van der Waals surface area contributed by atoms with E-state index in [9.17, 15) is 9.90 Å². The molecule has 0 atom stereocenters. The van der Waals surface area contributed by atoms with Gasteiger partial charge in [0.2, 0.25) is 0 Å². The Morgan fingerprint density at radius 2 is 2.27 bits per heavy atom. The number of aliphatic hydroxyl groups is 1. The molecule has 0 amide bonds. The van der Waals surface area contributed by atoms with Gasteiger partial charge in [-0.15, -0.1) is 0 Å². The summed E-state index contributed by atoms with van der Waals surface area (Å²) in [6, 6.07) is 0. The molecule has 1 aliphatic carbocycles. The fraction of sp³-hybridized carbons (Fsp3) is 0.364. The number of nitrogens with zero attached hydrogens (tertiary/aromatic N) is 1. The summed E-state index contributed by atoms with van der Waals surface area (Å²) in [5.74, 6) is 0. The second-order valence-corrected chi connectivity index (χ2v) is 4.69. The van der Waals surface area contributed by atoms with Crippen molar-refractivity contribution in [1.82, 2.24) is 4.57 Å². The zero-order valence-electron chi connectivity index (χ0n) is 8.67. The Balaban J connectivity index is 2.77. The second kappa shape index (κ2) is 3.61. The molecular formula is C11H12BrNO2. The number of hydrogen-bond acceptors (Lipinski definition) is 2. The molecule has 3 nitrogen and oxygen atoms in total. The summed E-state index contributed by atoms with van der Waals surface area (Å²) >= 11 is 3.44. The van der Waals surface area contributed by atoms with E-state index in [1.807, 2.05) is 6.92 Å². The number of pyridine rings is 1. The van der Waals surface area contributed by atoms with Gasteiger partial charge in [0.05, 0.1) is 6.61 Å². The van der Waals surface area contributed by atoms with Gasteiger partial charge in [-0.3, -0.25) is 4.79 Å². The maximum Gasteiger partial charge on any atom is 0.254 e. The van der Waals surface area contributed by atoms with Crippen LogP contribution in [0.15, 0.2) is 21.0 Å². The lowest BCUT2D eigenvalue weighted by atomic mass is 10.1. The van der Waals surface area contributed by atoms with Gasteiger partial charge < -0.3 is 9.67 Å². The lowest BCUT2D eigenvalue weighted by molar-refractivity contribution is 0.349. The first-order valence-corrected chi connectivity index (χ1v) is 5.53. The monoisotopic (exact) mass is 269 g/mol. The number of halogens is 1. The van der Waals surface area contributed by atoms with Crippen LogP contribution in [0.1, 0.15) is 18.1 Å². The number of aromatic nitrogens is 1. The average molecular weight is 270 g/mol. The number of aryl methyl sites for hydroxylation is 1. The molecule has 0 bridgehead atoms. The number of aliphatic hydroxyl groups excluding tert-OH is 1. The van der Waals surface area contributed by atoms with Crippen molar-refractivity contribution in [2.24, 2.45) is 7.05 Å². The Kier molecular flexibility index (Phi) is 2.56. The van der Waals surface area contributed by atoms with Gasteiger partial charge in [0.1, 0.15) is 0 Å². The van der Waals surface area contributed by atoms with Crippen LogP contribution in [-0.2, 0) is 13.5 Å². The van der Waals surface area contributed by atoms with Crippen LogP contribution in [0, 0.1) is 0 Å². The molecule has 1 N–H and O–H groups in total. The van der Waals surface area contributed by atoms with Gasteiger partial charge in [0.15, 0.2) is 0 Å². The van der Waals surface area contributed by atoms with E-state index >= 15 is 0 Å². The summed E-state index contributed by atoms with van der Waals surface area (Å²) in [6.07, 6.45) is 2.40. The predicted molar refractivity (Wildman–Crippen MR) is 62.8 cm³/mol. The number of fused-ring (bicyclic) bond motifs is 1. The van der Waals surface area contributed by atoms with Crippen LogP contribution in [0.2, 0.25) is 0 Å². The largest absolute Gasteiger partial charge is 0.392 e. The van der Waals surface area contributed by atoms with Gasteiger partial charge in [-0.2, -0.15) is 0 Å². The van der Waals surface area contributed by atoms with Crippen molar-refractivity contribution in [2.45, 2.75) is 13.3 Å². The van der Waals surface area contributed by atoms with Gasteiger partial charge in [-0.25, -0.2) is 0 Å². The minimum atomic E-state index is -0.00932. The normalized spacial score (nSPS) is 14.7. The van der Waals surface area contributed by atoms with E-state index in [0.717, 1.165) is 26.7 Å². The molecule has 2 rings (SSSR count). The van der Waals surface area contributed by atoms with Crippen LogP contribution in [-0.4, -0.2) is 16.3 Å². The Labute approximate surface area is 96.2 Å². The molecule has 0 unspecified atom stereocenters. The predicted octanol–water partition coefficient (Wildman–Crippen LogP) is 1.47. The summed E-state index contributed by atoms with van der Waals surface area (Å²) < 4.78 is 2.44. The lowest BCUT2D eigenvalue weighted by Gasteiger charge is -2.08. The molecule has 1 heterocycles. The van der Waals surface area contributed by atoms with E-state index in [1.165, 1.54) is 0 Å². The summed E-state index contributed by atoms with van der Waals surface area (Å²) in [4.78, 5) is 11.9. The molecule has 0 saturated carbocycles. The Morgan fingerprint density at radius 1 is 1.60 bits per heavy atom. The maximum absolute atomic E-state index is 11.9. The van der Waals surface area contributed by atoms with Crippen LogP contribution >= 0.6 is 15.9 Å². The molecular weight excluding hydrogens is 258 g/mol. The van der Waals surface area contributed by atoms with Gasteiger partial charge in [-0.05, 0) is 34.8 Å². The molecule has 0 aromatic carbocycles. The fourth-order valence-electron chi connectivity index (χ4n) is 2.05. The molecule has 80 valence electrons. The molecule has 1 aliphatic rings. The lowest BCUT2D eigenvalue weighted by Crippen LogP contribution is -2.21. The van der Waals surface area contributed by atoms with Gasteiger partial charge >= 0.3 is 0 Å². The highest BCUT2D eigenvalue weighted by Crippen LogP contribution is 2.35. The first kappa shape index (κ1) is 10.6. The van der Waals surface area contributed by atoms with E-state index in [2.05, 4.69) is 15.9 Å². The van der Waals surface area contributed by atoms with E-state index in [-0.39, 0.29) is 12.2 Å². The van der Waals surface area contributed by atoms with Crippen molar-refractivity contribution < 1.29 is 5.11 Å². The van der Waals surface area contributed by atoms with Crippen molar-refractivity contribution in [3.8, 4) is 0 Å². The van der Waals surface area contributed by atoms with E-state index in [0.29, 0.717) is 6.42 Å². The summed E-state index contributed by atoms with van der Waals surface area (Å²) in [5, 5.41) is 9.28. The third-order valence-electron chi connectivity index (χ3n) is 2.84. The summed E-state index contributed by atoms with van der Waals surface area (Å²) in [5.41, 5.74) is 3.66. The van der Waals surface area contributed by atoms with Crippen molar-refractivity contribution in [2.75, 3.05) is 6.61 Å². The molecule has 0 fully saturated rings. The fourth-order valence-corrected chi connectivity index (χ4v) is 2.83. The minimum Gasteiger partial charge on any atom is -0.392 e. The average Bonchev–Trinajstić information content (AvgIpc) is 2.52. The Hall–Kier alpha value is -0.870. The van der Waals surface area contributed by atoms with Crippen molar-refractivity contribution in [1.29, 1.82) is 0 Å². The highest BCUT2D eigenvalue weighted by Gasteiger charge is 2.24. The number of hydrogen-bond donors (Lipinski definition) is 1. The van der Waals surface area contributed by atoms with Gasteiger partial charge in [-0.1, -0.05) is 5.57 Å². The van der Waals surface area contributed by atoms with Gasteiger partial charge in [0.25, 0.3) is 5.56 Å². The maximum atomic E-state index is 11.9. The van der Waals surface area contributed by atoms with Crippen LogP contribution in [0.25, 0.3) is 5.57 Å². The van der Waals surface area contributed by atoms with E-state index in [1.54, 1.807) is 17.8 Å². The summed E-state index contributed by atoms with van der Waals surface area (Å²) in [6.45, 7) is 1.95. The first-order chi connectivity index (χ1) is 7.06. The van der Waals surface area contributed by atoms with Crippen molar-refractivity contribution >= 4 is 21.5 Å². The molecule has 1 aromatic heterocycles. The van der Waals surface area contributed by atoms with Crippen LogP contribution in [0.4, 0.5) is 0 Å². The third-order valence-corrected chi connectivity index (χ3v) is 3.44. The second-order valence-electron chi connectivity index (χ2n) is 3.84. The van der Waals surface area contributed by atoms with Gasteiger partial charge in [0, 0.05) is 28.8 Å². The van der Waals surface area contributed by atoms with Crippen molar-refractivity contribution in [3.05, 3.63) is 37.7 Å². The molecule has 1 aromatic rings. The molecule has 0 saturated heterocycles. The highest BCUT2D eigenvalue weighted by atomic mass is 79.9. The smallest absolute Gasteiger partial charge is 0.254 e.